The minimum absolute atomic E-state index is 0.107. The van der Waals surface area contributed by atoms with E-state index in [1.165, 1.54) is 18.2 Å². The molecule has 1 N–H and O–H groups in total. The van der Waals surface area contributed by atoms with E-state index in [2.05, 4.69) is 17.1 Å². The van der Waals surface area contributed by atoms with Crippen molar-refractivity contribution in [2.45, 2.75) is 58.5 Å². The van der Waals surface area contributed by atoms with Crippen LogP contribution in [-0.2, 0) is 22.6 Å². The van der Waals surface area contributed by atoms with Crippen molar-refractivity contribution in [1.82, 2.24) is 9.80 Å². The fraction of sp³-hybridized carbons (Fsp3) is 0.481. The first-order chi connectivity index (χ1) is 16.3. The molecule has 1 aliphatic carbocycles. The maximum atomic E-state index is 14.4. The lowest BCUT2D eigenvalue weighted by Crippen LogP contribution is -2.54. The van der Waals surface area contributed by atoms with E-state index in [-0.39, 0.29) is 24.3 Å². The first-order valence-electron chi connectivity index (χ1n) is 12.2. The van der Waals surface area contributed by atoms with Crippen molar-refractivity contribution < 1.29 is 18.4 Å². The van der Waals surface area contributed by atoms with Gasteiger partial charge in [0, 0.05) is 43.8 Å². The highest BCUT2D eigenvalue weighted by Gasteiger charge is 2.33. The molecule has 1 saturated heterocycles. The number of piperazine rings is 1. The highest BCUT2D eigenvalue weighted by molar-refractivity contribution is 5.93. The predicted octanol–water partition coefficient (Wildman–Crippen LogP) is 4.68. The highest BCUT2D eigenvalue weighted by Crippen LogP contribution is 2.29. The van der Waals surface area contributed by atoms with Crippen LogP contribution in [0.4, 0.5) is 14.5 Å². The molecule has 2 aromatic carbocycles. The van der Waals surface area contributed by atoms with Gasteiger partial charge in [0.2, 0.25) is 11.8 Å². The highest BCUT2D eigenvalue weighted by atomic mass is 19.1. The zero-order valence-electron chi connectivity index (χ0n) is 19.9. The van der Waals surface area contributed by atoms with Crippen molar-refractivity contribution in [2.24, 2.45) is 5.92 Å². The van der Waals surface area contributed by atoms with Gasteiger partial charge in [-0.1, -0.05) is 31.0 Å². The maximum Gasteiger partial charge on any atom is 0.228 e. The van der Waals surface area contributed by atoms with Crippen LogP contribution in [-0.4, -0.2) is 47.3 Å². The molecule has 7 heteroatoms. The van der Waals surface area contributed by atoms with E-state index in [0.717, 1.165) is 49.9 Å². The topological polar surface area (TPSA) is 52.6 Å². The van der Waals surface area contributed by atoms with Crippen molar-refractivity contribution in [1.29, 1.82) is 0 Å². The third kappa shape index (κ3) is 5.63. The number of hydrogen-bond donors (Lipinski definition) is 1. The first kappa shape index (κ1) is 24.3. The molecule has 1 atom stereocenters. The largest absolute Gasteiger partial charge is 0.337 e. The number of nitrogens with zero attached hydrogens (tertiary/aromatic N) is 2. The normalized spacial score (nSPS) is 19.4. The van der Waals surface area contributed by atoms with E-state index in [0.29, 0.717) is 24.3 Å². The second-order valence-corrected chi connectivity index (χ2v) is 9.65. The summed E-state index contributed by atoms with van der Waals surface area (Å²) < 4.78 is 28.3. The number of anilines is 1. The monoisotopic (exact) mass is 469 g/mol. The van der Waals surface area contributed by atoms with Crippen LogP contribution in [0.2, 0.25) is 0 Å². The number of rotatable bonds is 6. The molecule has 1 saturated carbocycles. The summed E-state index contributed by atoms with van der Waals surface area (Å²) in [7, 11) is 0. The van der Waals surface area contributed by atoms with E-state index in [1.807, 2.05) is 11.8 Å². The maximum absolute atomic E-state index is 14.4. The van der Waals surface area contributed by atoms with Gasteiger partial charge < -0.3 is 10.2 Å². The third-order valence-corrected chi connectivity index (χ3v) is 7.16. The van der Waals surface area contributed by atoms with Crippen molar-refractivity contribution in [2.75, 3.05) is 25.0 Å². The lowest BCUT2D eigenvalue weighted by atomic mass is 10.0. The Bertz CT molecular complexity index is 1050. The molecule has 0 radical (unpaired) electrons. The molecule has 0 aromatic heterocycles. The minimum Gasteiger partial charge on any atom is -0.337 e. The Morgan fingerprint density at radius 1 is 1.06 bits per heavy atom. The van der Waals surface area contributed by atoms with Gasteiger partial charge in [-0.15, -0.1) is 0 Å². The Balaban J connectivity index is 1.39. The Hall–Kier alpha value is -2.80. The standard InChI is InChI=1S/C27H33F2N3O2/c1-18-16-31(11-12-32(18)27(34)20-7-3-4-8-20)17-22-13-23(28)15-25(19(22)2)30-26(33)14-21-9-5-6-10-24(21)29/h5-6,9-10,13,15,18,20H,3-4,7-8,11-12,14,16-17H2,1-2H3,(H,30,33). The average molecular weight is 470 g/mol. The molecule has 2 aliphatic rings. The summed E-state index contributed by atoms with van der Waals surface area (Å²) in [5.41, 5.74) is 2.29. The molecule has 4 rings (SSSR count). The zero-order valence-corrected chi connectivity index (χ0v) is 19.9. The Morgan fingerprint density at radius 2 is 1.79 bits per heavy atom. The van der Waals surface area contributed by atoms with Gasteiger partial charge in [-0.25, -0.2) is 8.78 Å². The van der Waals surface area contributed by atoms with Gasteiger partial charge in [0.1, 0.15) is 11.6 Å². The quantitative estimate of drug-likeness (QED) is 0.669. The van der Waals surface area contributed by atoms with Crippen LogP contribution in [0.15, 0.2) is 36.4 Å². The Kier molecular flexibility index (Phi) is 7.61. The molecule has 1 heterocycles. The zero-order chi connectivity index (χ0) is 24.2. The average Bonchev–Trinajstić information content (AvgIpc) is 3.33. The summed E-state index contributed by atoms with van der Waals surface area (Å²) >= 11 is 0. The molecule has 0 spiro atoms. The third-order valence-electron chi connectivity index (χ3n) is 7.16. The van der Waals surface area contributed by atoms with E-state index in [4.69, 9.17) is 0 Å². The molecule has 2 fully saturated rings. The summed E-state index contributed by atoms with van der Waals surface area (Å²) in [5.74, 6) is -0.794. The molecule has 5 nitrogen and oxygen atoms in total. The first-order valence-corrected chi connectivity index (χ1v) is 12.2. The van der Waals surface area contributed by atoms with Crippen molar-refractivity contribution in [3.63, 3.8) is 0 Å². The number of carbonyl (C=O) groups is 2. The molecule has 182 valence electrons. The van der Waals surface area contributed by atoms with Crippen LogP contribution in [0, 0.1) is 24.5 Å². The van der Waals surface area contributed by atoms with Crippen LogP contribution in [0.3, 0.4) is 0 Å². The number of carbonyl (C=O) groups excluding carboxylic acids is 2. The number of benzene rings is 2. The Morgan fingerprint density at radius 3 is 2.50 bits per heavy atom. The lowest BCUT2D eigenvalue weighted by molar-refractivity contribution is -0.140. The molecule has 1 aliphatic heterocycles. The second kappa shape index (κ2) is 10.6. The van der Waals surface area contributed by atoms with Crippen LogP contribution >= 0.6 is 0 Å². The number of amides is 2. The van der Waals surface area contributed by atoms with Crippen LogP contribution in [0.1, 0.15) is 49.3 Å². The van der Waals surface area contributed by atoms with E-state index >= 15 is 0 Å². The summed E-state index contributed by atoms with van der Waals surface area (Å²) in [5, 5.41) is 2.75. The molecular formula is C27H33F2N3O2. The summed E-state index contributed by atoms with van der Waals surface area (Å²) in [4.78, 5) is 29.6. The molecule has 0 bridgehead atoms. The summed E-state index contributed by atoms with van der Waals surface area (Å²) in [6.07, 6.45) is 4.16. The summed E-state index contributed by atoms with van der Waals surface area (Å²) in [6, 6.07) is 9.05. The van der Waals surface area contributed by atoms with Gasteiger partial charge >= 0.3 is 0 Å². The molecule has 34 heavy (non-hydrogen) atoms. The van der Waals surface area contributed by atoms with Crippen LogP contribution < -0.4 is 5.32 Å². The van der Waals surface area contributed by atoms with Gasteiger partial charge in [-0.2, -0.15) is 0 Å². The van der Waals surface area contributed by atoms with Crippen molar-refractivity contribution in [3.05, 3.63) is 64.7 Å². The van der Waals surface area contributed by atoms with Gasteiger partial charge in [0.25, 0.3) is 0 Å². The van der Waals surface area contributed by atoms with Gasteiger partial charge in [0.15, 0.2) is 0 Å². The van der Waals surface area contributed by atoms with Crippen molar-refractivity contribution in [3.8, 4) is 0 Å². The van der Waals surface area contributed by atoms with E-state index in [9.17, 15) is 18.4 Å². The number of nitrogens with one attached hydrogen (secondary N) is 1. The smallest absolute Gasteiger partial charge is 0.228 e. The van der Waals surface area contributed by atoms with Crippen LogP contribution in [0.25, 0.3) is 0 Å². The van der Waals surface area contributed by atoms with Gasteiger partial charge in [0.05, 0.1) is 6.42 Å². The number of hydrogen-bond acceptors (Lipinski definition) is 3. The SMILES string of the molecule is Cc1c(CN2CCN(C(=O)C3CCCC3)C(C)C2)cc(F)cc1NC(=O)Cc1ccccc1F. The second-order valence-electron chi connectivity index (χ2n) is 9.65. The lowest BCUT2D eigenvalue weighted by Gasteiger charge is -2.41. The fourth-order valence-electron chi connectivity index (χ4n) is 5.19. The molecule has 2 aromatic rings. The van der Waals surface area contributed by atoms with E-state index in [1.54, 1.807) is 18.2 Å². The van der Waals surface area contributed by atoms with E-state index < -0.39 is 17.5 Å². The minimum atomic E-state index is -0.436. The van der Waals surface area contributed by atoms with Gasteiger partial charge in [-0.3, -0.25) is 14.5 Å². The van der Waals surface area contributed by atoms with Gasteiger partial charge in [-0.05, 0) is 61.6 Å². The van der Waals surface area contributed by atoms with Crippen molar-refractivity contribution >= 4 is 17.5 Å². The van der Waals surface area contributed by atoms with Crippen LogP contribution in [0.5, 0.6) is 0 Å². The Labute approximate surface area is 200 Å². The summed E-state index contributed by atoms with van der Waals surface area (Å²) in [6.45, 7) is 6.60. The molecular weight excluding hydrogens is 436 g/mol. The fourth-order valence-corrected chi connectivity index (χ4v) is 5.19. The predicted molar refractivity (Wildman–Crippen MR) is 128 cm³/mol. The molecule has 2 amide bonds. The molecule has 1 unspecified atom stereocenters. The number of halogens is 2.